The van der Waals surface area contributed by atoms with Crippen molar-refractivity contribution in [2.24, 2.45) is 11.8 Å². The van der Waals surface area contributed by atoms with Gasteiger partial charge in [0.05, 0.1) is 5.56 Å². The van der Waals surface area contributed by atoms with Crippen molar-refractivity contribution in [2.45, 2.75) is 40.5 Å². The summed E-state index contributed by atoms with van der Waals surface area (Å²) in [6.45, 7) is 10.4. The smallest absolute Gasteiger partial charge is 0.257 e. The van der Waals surface area contributed by atoms with Crippen LogP contribution in [-0.4, -0.2) is 35.9 Å². The SMILES string of the molecule is CNc1ncccc1C(=O)N(CCC(C)C)CCC(C)C. The molecule has 0 spiro atoms. The predicted octanol–water partition coefficient (Wildman–Crippen LogP) is 3.66. The van der Waals surface area contributed by atoms with Crippen molar-refractivity contribution in [1.29, 1.82) is 0 Å². The molecule has 1 rings (SSSR count). The number of carbonyl (C=O) groups is 1. The Balaban J connectivity index is 2.86. The summed E-state index contributed by atoms with van der Waals surface area (Å²) in [6, 6.07) is 3.66. The van der Waals surface area contributed by atoms with Crippen molar-refractivity contribution in [3.8, 4) is 0 Å². The molecule has 21 heavy (non-hydrogen) atoms. The van der Waals surface area contributed by atoms with Crippen molar-refractivity contribution in [3.05, 3.63) is 23.9 Å². The summed E-state index contributed by atoms with van der Waals surface area (Å²) in [6.07, 6.45) is 3.76. The minimum Gasteiger partial charge on any atom is -0.372 e. The van der Waals surface area contributed by atoms with E-state index in [1.807, 2.05) is 17.0 Å². The lowest BCUT2D eigenvalue weighted by atomic mass is 10.1. The second-order valence-electron chi connectivity index (χ2n) is 6.31. The largest absolute Gasteiger partial charge is 0.372 e. The van der Waals surface area contributed by atoms with E-state index >= 15 is 0 Å². The van der Waals surface area contributed by atoms with E-state index in [1.165, 1.54) is 0 Å². The molecule has 1 amide bonds. The molecule has 0 fully saturated rings. The summed E-state index contributed by atoms with van der Waals surface area (Å²) in [7, 11) is 1.80. The van der Waals surface area contributed by atoms with E-state index in [1.54, 1.807) is 13.2 Å². The Morgan fingerprint density at radius 1 is 1.19 bits per heavy atom. The third-order valence-corrected chi connectivity index (χ3v) is 3.51. The topological polar surface area (TPSA) is 45.2 Å². The molecule has 0 aromatic carbocycles. The molecule has 0 aliphatic heterocycles. The fraction of sp³-hybridized carbons (Fsp3) is 0.647. The fourth-order valence-electron chi connectivity index (χ4n) is 2.09. The summed E-state index contributed by atoms with van der Waals surface area (Å²) in [5, 5.41) is 3.00. The highest BCUT2D eigenvalue weighted by Crippen LogP contribution is 2.16. The van der Waals surface area contributed by atoms with Crippen LogP contribution in [0.4, 0.5) is 5.82 Å². The molecule has 4 nitrogen and oxygen atoms in total. The zero-order chi connectivity index (χ0) is 15.8. The summed E-state index contributed by atoms with van der Waals surface area (Å²) in [5.74, 6) is 1.92. The van der Waals surface area contributed by atoms with Crippen molar-refractivity contribution in [1.82, 2.24) is 9.88 Å². The summed E-state index contributed by atoms with van der Waals surface area (Å²) in [4.78, 5) is 19.0. The predicted molar refractivity (Wildman–Crippen MR) is 88.6 cm³/mol. The molecule has 1 aromatic heterocycles. The number of amides is 1. The molecule has 1 aromatic rings. The van der Waals surface area contributed by atoms with Gasteiger partial charge in [0, 0.05) is 26.3 Å². The van der Waals surface area contributed by atoms with Gasteiger partial charge < -0.3 is 10.2 Å². The zero-order valence-corrected chi connectivity index (χ0v) is 14.0. The highest BCUT2D eigenvalue weighted by atomic mass is 16.2. The number of hydrogen-bond donors (Lipinski definition) is 1. The lowest BCUT2D eigenvalue weighted by Gasteiger charge is -2.25. The van der Waals surface area contributed by atoms with E-state index in [4.69, 9.17) is 0 Å². The van der Waals surface area contributed by atoms with Crippen LogP contribution >= 0.6 is 0 Å². The molecule has 1 heterocycles. The second-order valence-corrected chi connectivity index (χ2v) is 6.31. The standard InChI is InChI=1S/C17H29N3O/c1-13(2)8-11-20(12-9-14(3)4)17(21)15-7-6-10-19-16(15)18-5/h6-7,10,13-14H,8-9,11-12H2,1-5H3,(H,18,19). The monoisotopic (exact) mass is 291 g/mol. The number of anilines is 1. The molecule has 4 heteroatoms. The lowest BCUT2D eigenvalue weighted by Crippen LogP contribution is -2.34. The molecule has 1 N–H and O–H groups in total. The molecule has 0 saturated heterocycles. The first kappa shape index (κ1) is 17.5. The molecule has 118 valence electrons. The van der Waals surface area contributed by atoms with Crippen molar-refractivity contribution in [2.75, 3.05) is 25.5 Å². The van der Waals surface area contributed by atoms with E-state index in [-0.39, 0.29) is 5.91 Å². The van der Waals surface area contributed by atoms with Gasteiger partial charge in [-0.15, -0.1) is 0 Å². The Bertz CT molecular complexity index is 431. The van der Waals surface area contributed by atoms with E-state index in [0.717, 1.165) is 25.9 Å². The number of carbonyl (C=O) groups excluding carboxylic acids is 1. The molecule has 0 radical (unpaired) electrons. The van der Waals surface area contributed by atoms with Gasteiger partial charge in [-0.3, -0.25) is 4.79 Å². The third kappa shape index (κ3) is 5.74. The van der Waals surface area contributed by atoms with Crippen LogP contribution in [0.25, 0.3) is 0 Å². The second kappa shape index (κ2) is 8.65. The van der Waals surface area contributed by atoms with Gasteiger partial charge in [0.15, 0.2) is 0 Å². The first-order chi connectivity index (χ1) is 9.95. The summed E-state index contributed by atoms with van der Waals surface area (Å²) < 4.78 is 0. The lowest BCUT2D eigenvalue weighted by molar-refractivity contribution is 0.0741. The van der Waals surface area contributed by atoms with Crippen LogP contribution in [-0.2, 0) is 0 Å². The minimum atomic E-state index is 0.0775. The van der Waals surface area contributed by atoms with Crippen LogP contribution in [0.2, 0.25) is 0 Å². The summed E-state index contributed by atoms with van der Waals surface area (Å²) >= 11 is 0. The van der Waals surface area contributed by atoms with Crippen molar-refractivity contribution < 1.29 is 4.79 Å². The number of pyridine rings is 1. The van der Waals surface area contributed by atoms with Gasteiger partial charge in [-0.2, -0.15) is 0 Å². The third-order valence-electron chi connectivity index (χ3n) is 3.51. The molecule has 0 aliphatic rings. The first-order valence-corrected chi connectivity index (χ1v) is 7.87. The summed E-state index contributed by atoms with van der Waals surface area (Å²) in [5.41, 5.74) is 0.660. The minimum absolute atomic E-state index is 0.0775. The van der Waals surface area contributed by atoms with Crippen molar-refractivity contribution in [3.63, 3.8) is 0 Å². The normalized spacial score (nSPS) is 11.0. The molecule has 0 unspecified atom stereocenters. The van der Waals surface area contributed by atoms with E-state index in [0.29, 0.717) is 23.2 Å². The number of rotatable bonds is 8. The number of hydrogen-bond acceptors (Lipinski definition) is 3. The Labute approximate surface area is 129 Å². The van der Waals surface area contributed by atoms with Crippen LogP contribution in [0.15, 0.2) is 18.3 Å². The van der Waals surface area contributed by atoms with Gasteiger partial charge in [0.1, 0.15) is 5.82 Å². The molecular formula is C17H29N3O. The Kier molecular flexibility index (Phi) is 7.20. The quantitative estimate of drug-likeness (QED) is 0.795. The van der Waals surface area contributed by atoms with Gasteiger partial charge >= 0.3 is 0 Å². The highest BCUT2D eigenvalue weighted by Gasteiger charge is 2.19. The van der Waals surface area contributed by atoms with Gasteiger partial charge in [-0.1, -0.05) is 27.7 Å². The number of aromatic nitrogens is 1. The van der Waals surface area contributed by atoms with Crippen LogP contribution in [0.1, 0.15) is 50.9 Å². The molecule has 0 saturated carbocycles. The maximum Gasteiger partial charge on any atom is 0.257 e. The van der Waals surface area contributed by atoms with E-state index < -0.39 is 0 Å². The maximum atomic E-state index is 12.8. The van der Waals surface area contributed by atoms with Gasteiger partial charge in [0.2, 0.25) is 0 Å². The van der Waals surface area contributed by atoms with Crippen LogP contribution in [0.5, 0.6) is 0 Å². The highest BCUT2D eigenvalue weighted by molar-refractivity contribution is 5.98. The Hall–Kier alpha value is -1.58. The van der Waals surface area contributed by atoms with E-state index in [9.17, 15) is 4.79 Å². The maximum absolute atomic E-state index is 12.8. The first-order valence-electron chi connectivity index (χ1n) is 7.87. The van der Waals surface area contributed by atoms with Crippen molar-refractivity contribution >= 4 is 11.7 Å². The van der Waals surface area contributed by atoms with Gasteiger partial charge in [-0.05, 0) is 36.8 Å². The average Bonchev–Trinajstić information content (AvgIpc) is 2.46. The van der Waals surface area contributed by atoms with Gasteiger partial charge in [-0.25, -0.2) is 4.98 Å². The van der Waals surface area contributed by atoms with Crippen LogP contribution < -0.4 is 5.32 Å². The molecule has 0 atom stereocenters. The molecular weight excluding hydrogens is 262 g/mol. The number of nitrogens with zero attached hydrogens (tertiary/aromatic N) is 2. The van der Waals surface area contributed by atoms with E-state index in [2.05, 4.69) is 38.0 Å². The fourth-order valence-corrected chi connectivity index (χ4v) is 2.09. The molecule has 0 bridgehead atoms. The Morgan fingerprint density at radius 3 is 2.24 bits per heavy atom. The van der Waals surface area contributed by atoms with Gasteiger partial charge in [0.25, 0.3) is 5.91 Å². The van der Waals surface area contributed by atoms with Crippen LogP contribution in [0, 0.1) is 11.8 Å². The molecule has 0 aliphatic carbocycles. The van der Waals surface area contributed by atoms with Crippen LogP contribution in [0.3, 0.4) is 0 Å². The Morgan fingerprint density at radius 2 is 1.76 bits per heavy atom. The average molecular weight is 291 g/mol. The zero-order valence-electron chi connectivity index (χ0n) is 14.0. The number of nitrogens with one attached hydrogen (secondary N) is 1.